The molecule has 0 fully saturated rings. The van der Waals surface area contributed by atoms with Gasteiger partial charge in [-0.25, -0.2) is 18.1 Å². The summed E-state index contributed by atoms with van der Waals surface area (Å²) in [5, 5.41) is -0.00935. The Kier molecular flexibility index (Phi) is 4.61. The van der Waals surface area contributed by atoms with Crippen molar-refractivity contribution < 1.29 is 17.9 Å². The zero-order valence-electron chi connectivity index (χ0n) is 9.26. The van der Waals surface area contributed by atoms with Crippen molar-refractivity contribution in [3.05, 3.63) is 12.0 Å². The van der Waals surface area contributed by atoms with Gasteiger partial charge in [0.1, 0.15) is 12.4 Å². The number of aromatic nitrogens is 2. The molecule has 8 nitrogen and oxygen atoms in total. The van der Waals surface area contributed by atoms with E-state index in [1.54, 1.807) is 6.92 Å². The van der Waals surface area contributed by atoms with Crippen LogP contribution in [0.2, 0.25) is 0 Å². The van der Waals surface area contributed by atoms with Crippen molar-refractivity contribution in [3.63, 3.8) is 0 Å². The SMILES string of the molecule is Cc1ncc(S(=O)(=O)NCCOCC(N)=O)[nH]1. The van der Waals surface area contributed by atoms with Gasteiger partial charge in [0.25, 0.3) is 10.0 Å². The zero-order valence-corrected chi connectivity index (χ0v) is 10.1. The number of rotatable bonds is 7. The minimum atomic E-state index is -3.60. The highest BCUT2D eigenvalue weighted by molar-refractivity contribution is 7.89. The third kappa shape index (κ3) is 4.51. The Morgan fingerprint density at radius 3 is 2.88 bits per heavy atom. The molecule has 4 N–H and O–H groups in total. The van der Waals surface area contributed by atoms with Crippen LogP contribution in [0.4, 0.5) is 0 Å². The molecule has 17 heavy (non-hydrogen) atoms. The molecule has 9 heteroatoms. The molecule has 0 spiro atoms. The second kappa shape index (κ2) is 5.75. The highest BCUT2D eigenvalue weighted by Gasteiger charge is 2.15. The summed E-state index contributed by atoms with van der Waals surface area (Å²) in [6.45, 7) is 1.53. The number of nitrogens with one attached hydrogen (secondary N) is 2. The van der Waals surface area contributed by atoms with Gasteiger partial charge in [-0.05, 0) is 6.92 Å². The molecule has 0 saturated heterocycles. The lowest BCUT2D eigenvalue weighted by atomic mass is 10.6. The summed E-state index contributed by atoms with van der Waals surface area (Å²) in [4.78, 5) is 16.7. The summed E-state index contributed by atoms with van der Waals surface area (Å²) >= 11 is 0. The van der Waals surface area contributed by atoms with E-state index in [-0.39, 0.29) is 24.8 Å². The van der Waals surface area contributed by atoms with Crippen LogP contribution in [0.3, 0.4) is 0 Å². The normalized spacial score (nSPS) is 11.6. The summed E-state index contributed by atoms with van der Waals surface area (Å²) in [6, 6.07) is 0. The highest BCUT2D eigenvalue weighted by atomic mass is 32.2. The molecule has 1 aromatic heterocycles. The van der Waals surface area contributed by atoms with Crippen LogP contribution in [-0.2, 0) is 19.6 Å². The number of nitrogens with zero attached hydrogens (tertiary/aromatic N) is 1. The molecule has 0 atom stereocenters. The Morgan fingerprint density at radius 1 is 1.65 bits per heavy atom. The zero-order chi connectivity index (χ0) is 12.9. The molecule has 1 rings (SSSR count). The van der Waals surface area contributed by atoms with Gasteiger partial charge in [0, 0.05) is 6.54 Å². The van der Waals surface area contributed by atoms with Gasteiger partial charge in [-0.15, -0.1) is 0 Å². The van der Waals surface area contributed by atoms with Crippen LogP contribution >= 0.6 is 0 Å². The van der Waals surface area contributed by atoms with Crippen molar-refractivity contribution >= 4 is 15.9 Å². The van der Waals surface area contributed by atoms with Crippen LogP contribution in [0.15, 0.2) is 11.2 Å². The van der Waals surface area contributed by atoms with Gasteiger partial charge in [-0.2, -0.15) is 0 Å². The smallest absolute Gasteiger partial charge is 0.257 e. The van der Waals surface area contributed by atoms with Crippen LogP contribution in [0.25, 0.3) is 0 Å². The Labute approximate surface area is 98.6 Å². The van der Waals surface area contributed by atoms with Gasteiger partial charge in [0.05, 0.1) is 12.8 Å². The third-order valence-electron chi connectivity index (χ3n) is 1.75. The fraction of sp³-hybridized carbons (Fsp3) is 0.500. The number of ether oxygens (including phenoxy) is 1. The van der Waals surface area contributed by atoms with E-state index in [0.717, 1.165) is 0 Å². The monoisotopic (exact) mass is 262 g/mol. The van der Waals surface area contributed by atoms with Gasteiger partial charge in [-0.3, -0.25) is 4.79 Å². The molecular weight excluding hydrogens is 248 g/mol. The summed E-state index contributed by atoms with van der Waals surface area (Å²) in [6.07, 6.45) is 1.22. The number of amides is 1. The number of aromatic amines is 1. The van der Waals surface area contributed by atoms with E-state index < -0.39 is 15.9 Å². The van der Waals surface area contributed by atoms with Gasteiger partial charge in [-0.1, -0.05) is 0 Å². The molecule has 0 aliphatic rings. The first-order valence-corrected chi connectivity index (χ1v) is 6.27. The molecular formula is C8H14N4O4S. The highest BCUT2D eigenvalue weighted by Crippen LogP contribution is 2.03. The van der Waals surface area contributed by atoms with E-state index in [1.165, 1.54) is 6.20 Å². The van der Waals surface area contributed by atoms with Gasteiger partial charge < -0.3 is 15.5 Å². The summed E-state index contributed by atoms with van der Waals surface area (Å²) in [7, 11) is -3.60. The van der Waals surface area contributed by atoms with E-state index in [9.17, 15) is 13.2 Å². The summed E-state index contributed by atoms with van der Waals surface area (Å²) in [5.41, 5.74) is 4.84. The topological polar surface area (TPSA) is 127 Å². The number of imidazole rings is 1. The Bertz CT molecular complexity index is 481. The van der Waals surface area contributed by atoms with Crippen molar-refractivity contribution in [2.24, 2.45) is 5.73 Å². The Balaban J connectivity index is 2.38. The first-order chi connectivity index (χ1) is 7.92. The quantitative estimate of drug-likeness (QED) is 0.515. The fourth-order valence-corrected chi connectivity index (χ4v) is 2.01. The maximum Gasteiger partial charge on any atom is 0.257 e. The fourth-order valence-electron chi connectivity index (χ4n) is 1.03. The average molecular weight is 262 g/mol. The average Bonchev–Trinajstić information content (AvgIpc) is 2.64. The number of carbonyl (C=O) groups is 1. The summed E-state index contributed by atoms with van der Waals surface area (Å²) < 4.78 is 30.3. The lowest BCUT2D eigenvalue weighted by Crippen LogP contribution is -2.29. The van der Waals surface area contributed by atoms with Gasteiger partial charge in [0.15, 0.2) is 5.03 Å². The first kappa shape index (κ1) is 13.6. The molecule has 1 heterocycles. The second-order valence-corrected chi connectivity index (χ2v) is 4.98. The number of aryl methyl sites for hydroxylation is 1. The lowest BCUT2D eigenvalue weighted by molar-refractivity contribution is -0.122. The molecule has 0 saturated carbocycles. The molecule has 0 unspecified atom stereocenters. The van der Waals surface area contributed by atoms with Crippen molar-refractivity contribution in [1.29, 1.82) is 0 Å². The number of hydrogen-bond acceptors (Lipinski definition) is 5. The predicted molar refractivity (Wildman–Crippen MR) is 58.5 cm³/mol. The van der Waals surface area contributed by atoms with Gasteiger partial charge >= 0.3 is 0 Å². The van der Waals surface area contributed by atoms with Crippen LogP contribution in [0.5, 0.6) is 0 Å². The molecule has 0 aromatic carbocycles. The van der Waals surface area contributed by atoms with Crippen molar-refractivity contribution in [1.82, 2.24) is 14.7 Å². The Hall–Kier alpha value is -1.45. The molecule has 0 bridgehead atoms. The van der Waals surface area contributed by atoms with Crippen LogP contribution in [0.1, 0.15) is 5.82 Å². The number of primary amides is 1. The van der Waals surface area contributed by atoms with Crippen molar-refractivity contribution in [3.8, 4) is 0 Å². The van der Waals surface area contributed by atoms with E-state index in [0.29, 0.717) is 5.82 Å². The predicted octanol–water partition coefficient (Wildman–Crippen LogP) is -1.50. The van der Waals surface area contributed by atoms with Crippen molar-refractivity contribution in [2.75, 3.05) is 19.8 Å². The van der Waals surface area contributed by atoms with E-state index in [1.807, 2.05) is 0 Å². The second-order valence-electron chi connectivity index (χ2n) is 3.25. The number of hydrogen-bond donors (Lipinski definition) is 3. The van der Waals surface area contributed by atoms with Crippen LogP contribution < -0.4 is 10.5 Å². The van der Waals surface area contributed by atoms with Gasteiger partial charge in [0.2, 0.25) is 5.91 Å². The molecule has 1 amide bonds. The van der Waals surface area contributed by atoms with E-state index in [4.69, 9.17) is 10.5 Å². The maximum absolute atomic E-state index is 11.6. The number of H-pyrrole nitrogens is 1. The lowest BCUT2D eigenvalue weighted by Gasteiger charge is -2.04. The third-order valence-corrected chi connectivity index (χ3v) is 3.12. The molecule has 0 radical (unpaired) electrons. The van der Waals surface area contributed by atoms with E-state index >= 15 is 0 Å². The molecule has 0 aliphatic heterocycles. The minimum absolute atomic E-state index is 0.00935. The first-order valence-electron chi connectivity index (χ1n) is 4.79. The van der Waals surface area contributed by atoms with Crippen molar-refractivity contribution in [2.45, 2.75) is 11.9 Å². The summed E-state index contributed by atoms with van der Waals surface area (Å²) in [5.74, 6) is -0.0904. The number of sulfonamides is 1. The molecule has 96 valence electrons. The minimum Gasteiger partial charge on any atom is -0.370 e. The van der Waals surface area contributed by atoms with E-state index in [2.05, 4.69) is 14.7 Å². The maximum atomic E-state index is 11.6. The van der Waals surface area contributed by atoms with Crippen LogP contribution in [-0.4, -0.2) is 44.1 Å². The number of carbonyl (C=O) groups excluding carboxylic acids is 1. The number of nitrogens with two attached hydrogens (primary N) is 1. The Morgan fingerprint density at radius 2 is 2.35 bits per heavy atom. The standard InChI is InChI=1S/C8H14N4O4S/c1-6-10-4-8(12-6)17(14,15)11-2-3-16-5-7(9)13/h4,11H,2-3,5H2,1H3,(H2,9,13)(H,10,12). The molecule has 0 aliphatic carbocycles. The molecule has 1 aromatic rings. The van der Waals surface area contributed by atoms with Crippen LogP contribution in [0, 0.1) is 6.92 Å². The largest absolute Gasteiger partial charge is 0.370 e.